The molecular formula is C13H15N3O3. The second-order valence-electron chi connectivity index (χ2n) is 3.75. The first-order valence-electron chi connectivity index (χ1n) is 5.59. The van der Waals surface area contributed by atoms with Gasteiger partial charge in [-0.25, -0.2) is 0 Å². The largest absolute Gasteiger partial charge is 0.496 e. The molecule has 1 aromatic carbocycles. The smallest absolute Gasteiger partial charge is 0.146 e. The molecule has 6 heteroatoms. The number of anilines is 1. The van der Waals surface area contributed by atoms with Crippen LogP contribution < -0.4 is 19.9 Å². The first-order chi connectivity index (χ1) is 9.19. The van der Waals surface area contributed by atoms with Crippen molar-refractivity contribution < 1.29 is 14.2 Å². The van der Waals surface area contributed by atoms with Crippen molar-refractivity contribution in [1.29, 1.82) is 0 Å². The average Bonchev–Trinajstić information content (AvgIpc) is 2.46. The second-order valence-corrected chi connectivity index (χ2v) is 3.75. The van der Waals surface area contributed by atoms with Crippen LogP contribution in [0.15, 0.2) is 24.3 Å². The summed E-state index contributed by atoms with van der Waals surface area (Å²) in [6.45, 7) is 0. The first-order valence-corrected chi connectivity index (χ1v) is 5.59. The molecule has 2 rings (SSSR count). The monoisotopic (exact) mass is 261 g/mol. The van der Waals surface area contributed by atoms with Gasteiger partial charge < -0.3 is 19.9 Å². The number of hydrogen-bond donors (Lipinski definition) is 1. The summed E-state index contributed by atoms with van der Waals surface area (Å²) < 4.78 is 15.9. The SMILES string of the molecule is COc1cc(OC)c(-c2ccc(N)nn2)c(OC)c1. The predicted molar refractivity (Wildman–Crippen MR) is 71.5 cm³/mol. The van der Waals surface area contributed by atoms with Crippen molar-refractivity contribution >= 4 is 5.82 Å². The standard InChI is InChI=1S/C13H15N3O3/c1-17-8-6-10(18-2)13(11(7-8)19-3)9-4-5-12(14)16-15-9/h4-7H,1-3H3,(H2,14,16). The van der Waals surface area contributed by atoms with E-state index in [-0.39, 0.29) is 0 Å². The van der Waals surface area contributed by atoms with Crippen LogP contribution in [-0.4, -0.2) is 31.5 Å². The summed E-state index contributed by atoms with van der Waals surface area (Å²) in [6, 6.07) is 6.95. The van der Waals surface area contributed by atoms with E-state index in [4.69, 9.17) is 19.9 Å². The van der Waals surface area contributed by atoms with Gasteiger partial charge in [-0.1, -0.05) is 0 Å². The molecule has 0 spiro atoms. The molecule has 0 unspecified atom stereocenters. The molecular weight excluding hydrogens is 246 g/mol. The van der Waals surface area contributed by atoms with Crippen molar-refractivity contribution in [3.05, 3.63) is 24.3 Å². The lowest BCUT2D eigenvalue weighted by molar-refractivity contribution is 0.377. The quantitative estimate of drug-likeness (QED) is 0.903. The number of nitrogens with zero attached hydrogens (tertiary/aromatic N) is 2. The highest BCUT2D eigenvalue weighted by atomic mass is 16.5. The molecule has 6 nitrogen and oxygen atoms in total. The van der Waals surface area contributed by atoms with Gasteiger partial charge in [0.25, 0.3) is 0 Å². The Bertz CT molecular complexity index is 545. The zero-order chi connectivity index (χ0) is 13.8. The van der Waals surface area contributed by atoms with Crippen LogP contribution in [0, 0.1) is 0 Å². The van der Waals surface area contributed by atoms with E-state index < -0.39 is 0 Å². The van der Waals surface area contributed by atoms with Crippen LogP contribution in [-0.2, 0) is 0 Å². The molecule has 2 aromatic rings. The lowest BCUT2D eigenvalue weighted by atomic mass is 10.1. The molecule has 0 fully saturated rings. The molecule has 0 aliphatic rings. The Morgan fingerprint density at radius 2 is 1.53 bits per heavy atom. The third-order valence-electron chi connectivity index (χ3n) is 2.66. The van der Waals surface area contributed by atoms with Gasteiger partial charge in [0.05, 0.1) is 26.9 Å². The highest BCUT2D eigenvalue weighted by molar-refractivity contribution is 5.75. The Morgan fingerprint density at radius 3 is 1.95 bits per heavy atom. The number of benzene rings is 1. The topological polar surface area (TPSA) is 79.5 Å². The van der Waals surface area contributed by atoms with Crippen LogP contribution in [0.5, 0.6) is 17.2 Å². The number of hydrogen-bond acceptors (Lipinski definition) is 6. The van der Waals surface area contributed by atoms with Crippen LogP contribution in [0.4, 0.5) is 5.82 Å². The van der Waals surface area contributed by atoms with E-state index in [9.17, 15) is 0 Å². The summed E-state index contributed by atoms with van der Waals surface area (Å²) >= 11 is 0. The number of nitrogen functional groups attached to an aromatic ring is 1. The summed E-state index contributed by atoms with van der Waals surface area (Å²) in [5.74, 6) is 2.18. The van der Waals surface area contributed by atoms with Gasteiger partial charge in [0.1, 0.15) is 28.8 Å². The molecule has 1 aromatic heterocycles. The van der Waals surface area contributed by atoms with E-state index in [0.717, 1.165) is 0 Å². The molecule has 0 saturated heterocycles. The van der Waals surface area contributed by atoms with Crippen molar-refractivity contribution in [2.45, 2.75) is 0 Å². The first kappa shape index (κ1) is 12.9. The van der Waals surface area contributed by atoms with Crippen molar-refractivity contribution in [3.8, 4) is 28.5 Å². The number of aromatic nitrogens is 2. The predicted octanol–water partition coefficient (Wildman–Crippen LogP) is 1.75. The third-order valence-corrected chi connectivity index (χ3v) is 2.66. The zero-order valence-electron chi connectivity index (χ0n) is 11.0. The van der Waals surface area contributed by atoms with Gasteiger partial charge in [-0.3, -0.25) is 0 Å². The fraction of sp³-hybridized carbons (Fsp3) is 0.231. The van der Waals surface area contributed by atoms with Crippen LogP contribution in [0.1, 0.15) is 0 Å². The van der Waals surface area contributed by atoms with Gasteiger partial charge in [0, 0.05) is 12.1 Å². The summed E-state index contributed by atoms with van der Waals surface area (Å²) in [5.41, 5.74) is 6.86. The van der Waals surface area contributed by atoms with E-state index in [1.54, 1.807) is 45.6 Å². The lowest BCUT2D eigenvalue weighted by Crippen LogP contribution is -1.99. The van der Waals surface area contributed by atoms with Gasteiger partial charge in [0.15, 0.2) is 0 Å². The maximum atomic E-state index is 5.54. The molecule has 0 saturated carbocycles. The summed E-state index contributed by atoms with van der Waals surface area (Å²) in [5, 5.41) is 7.88. The van der Waals surface area contributed by atoms with Crippen LogP contribution in [0.25, 0.3) is 11.3 Å². The van der Waals surface area contributed by atoms with E-state index in [1.807, 2.05) is 0 Å². The summed E-state index contributed by atoms with van der Waals surface area (Å²) in [7, 11) is 4.72. The fourth-order valence-corrected chi connectivity index (χ4v) is 1.73. The van der Waals surface area contributed by atoms with E-state index in [2.05, 4.69) is 10.2 Å². The van der Waals surface area contributed by atoms with Crippen molar-refractivity contribution in [3.63, 3.8) is 0 Å². The number of rotatable bonds is 4. The Labute approximate surface area is 111 Å². The van der Waals surface area contributed by atoms with E-state index >= 15 is 0 Å². The van der Waals surface area contributed by atoms with Crippen LogP contribution in [0.2, 0.25) is 0 Å². The molecule has 1 heterocycles. The normalized spacial score (nSPS) is 10.1. The molecule has 0 bridgehead atoms. The molecule has 0 aliphatic heterocycles. The maximum absolute atomic E-state index is 5.54. The minimum Gasteiger partial charge on any atom is -0.496 e. The van der Waals surface area contributed by atoms with E-state index in [1.165, 1.54) is 0 Å². The number of nitrogens with two attached hydrogens (primary N) is 1. The second kappa shape index (κ2) is 5.43. The van der Waals surface area contributed by atoms with Gasteiger partial charge in [-0.2, -0.15) is 0 Å². The molecule has 19 heavy (non-hydrogen) atoms. The Hall–Kier alpha value is -2.50. The molecule has 100 valence electrons. The fourth-order valence-electron chi connectivity index (χ4n) is 1.73. The minimum atomic E-state index is 0.357. The molecule has 2 N–H and O–H groups in total. The third kappa shape index (κ3) is 2.52. The molecule has 0 aliphatic carbocycles. The molecule has 0 amide bonds. The number of methoxy groups -OCH3 is 3. The molecule has 0 radical (unpaired) electrons. The zero-order valence-corrected chi connectivity index (χ0v) is 11.0. The minimum absolute atomic E-state index is 0.357. The maximum Gasteiger partial charge on any atom is 0.146 e. The average molecular weight is 261 g/mol. The van der Waals surface area contributed by atoms with Gasteiger partial charge in [-0.05, 0) is 12.1 Å². The number of ether oxygens (including phenoxy) is 3. The lowest BCUT2D eigenvalue weighted by Gasteiger charge is -2.14. The Balaban J connectivity index is 2.63. The van der Waals surface area contributed by atoms with Crippen molar-refractivity contribution in [2.75, 3.05) is 27.1 Å². The highest BCUT2D eigenvalue weighted by Gasteiger charge is 2.16. The van der Waals surface area contributed by atoms with Crippen molar-refractivity contribution in [1.82, 2.24) is 10.2 Å². The Morgan fingerprint density at radius 1 is 0.895 bits per heavy atom. The van der Waals surface area contributed by atoms with Gasteiger partial charge >= 0.3 is 0 Å². The van der Waals surface area contributed by atoms with Crippen LogP contribution >= 0.6 is 0 Å². The van der Waals surface area contributed by atoms with Crippen LogP contribution in [0.3, 0.4) is 0 Å². The van der Waals surface area contributed by atoms with Crippen molar-refractivity contribution in [2.24, 2.45) is 0 Å². The highest BCUT2D eigenvalue weighted by Crippen LogP contribution is 2.40. The summed E-state index contributed by atoms with van der Waals surface area (Å²) in [6.07, 6.45) is 0. The molecule has 0 atom stereocenters. The Kier molecular flexibility index (Phi) is 3.70. The van der Waals surface area contributed by atoms with Gasteiger partial charge in [0.2, 0.25) is 0 Å². The van der Waals surface area contributed by atoms with E-state index in [0.29, 0.717) is 34.3 Å². The van der Waals surface area contributed by atoms with Gasteiger partial charge in [-0.15, -0.1) is 10.2 Å². The summed E-state index contributed by atoms with van der Waals surface area (Å²) in [4.78, 5) is 0.